The summed E-state index contributed by atoms with van der Waals surface area (Å²) in [7, 11) is -3.22. The van der Waals surface area contributed by atoms with E-state index >= 15 is 0 Å². The Morgan fingerprint density at radius 3 is 2.84 bits per heavy atom. The molecule has 0 aromatic heterocycles. The van der Waals surface area contributed by atoms with Crippen LogP contribution in [-0.2, 0) is 14.8 Å². The molecule has 2 heterocycles. The fourth-order valence-corrected chi connectivity index (χ4v) is 4.23. The zero-order valence-corrected chi connectivity index (χ0v) is 12.6. The Kier molecular flexibility index (Phi) is 5.22. The van der Waals surface area contributed by atoms with E-state index in [1.54, 1.807) is 0 Å². The number of piperidine rings is 1. The highest BCUT2D eigenvalue weighted by Gasteiger charge is 2.29. The first-order valence-corrected chi connectivity index (χ1v) is 8.94. The lowest BCUT2D eigenvalue weighted by molar-refractivity contribution is 0.0303. The van der Waals surface area contributed by atoms with Gasteiger partial charge in [0.25, 0.3) is 0 Å². The maximum Gasteiger partial charge on any atom is 0.214 e. The van der Waals surface area contributed by atoms with Crippen LogP contribution in [0.25, 0.3) is 0 Å². The molecular weight excluding hydrogens is 264 g/mol. The van der Waals surface area contributed by atoms with Gasteiger partial charge in [0, 0.05) is 19.7 Å². The Bertz CT molecular complexity index is 371. The van der Waals surface area contributed by atoms with Crippen molar-refractivity contribution in [1.29, 1.82) is 0 Å². The van der Waals surface area contributed by atoms with Gasteiger partial charge in [0.05, 0.1) is 11.9 Å². The summed E-state index contributed by atoms with van der Waals surface area (Å²) < 4.78 is 32.4. The second kappa shape index (κ2) is 6.52. The predicted octanol–water partition coefficient (Wildman–Crippen LogP) is 0.865. The molecule has 0 aromatic carbocycles. The number of hydrogen-bond donors (Lipinski definition) is 2. The van der Waals surface area contributed by atoms with Gasteiger partial charge in [-0.3, -0.25) is 0 Å². The van der Waals surface area contributed by atoms with Gasteiger partial charge in [0.1, 0.15) is 0 Å². The molecule has 2 saturated heterocycles. The zero-order chi connectivity index (χ0) is 13.8. The average Bonchev–Trinajstić information content (AvgIpc) is 2.38. The smallest absolute Gasteiger partial charge is 0.214 e. The molecule has 2 unspecified atom stereocenters. The molecule has 0 saturated carbocycles. The third kappa shape index (κ3) is 5.02. The van der Waals surface area contributed by atoms with Crippen LogP contribution in [0.4, 0.5) is 0 Å². The molecule has 2 N–H and O–H groups in total. The lowest BCUT2D eigenvalue weighted by atomic mass is 9.83. The first kappa shape index (κ1) is 15.2. The Hall–Kier alpha value is -0.170. The molecule has 2 fully saturated rings. The molecule has 5 nitrogen and oxygen atoms in total. The molecule has 6 heteroatoms. The van der Waals surface area contributed by atoms with Crippen molar-refractivity contribution < 1.29 is 13.2 Å². The molecule has 2 aliphatic heterocycles. The Morgan fingerprint density at radius 2 is 2.21 bits per heavy atom. The number of nitrogens with one attached hydrogen (secondary N) is 2. The molecule has 0 aliphatic carbocycles. The molecule has 2 rings (SSSR count). The van der Waals surface area contributed by atoms with Gasteiger partial charge in [-0.2, -0.15) is 0 Å². The highest BCUT2D eigenvalue weighted by atomic mass is 32.2. The van der Waals surface area contributed by atoms with Gasteiger partial charge in [0.2, 0.25) is 10.0 Å². The van der Waals surface area contributed by atoms with Crippen molar-refractivity contribution in [3.05, 3.63) is 0 Å². The lowest BCUT2D eigenvalue weighted by Crippen LogP contribution is -2.47. The lowest BCUT2D eigenvalue weighted by Gasteiger charge is -2.34. The van der Waals surface area contributed by atoms with Gasteiger partial charge in [-0.05, 0) is 44.1 Å². The van der Waals surface area contributed by atoms with Crippen molar-refractivity contribution >= 4 is 10.0 Å². The van der Waals surface area contributed by atoms with Crippen molar-refractivity contribution in [3.63, 3.8) is 0 Å². The van der Waals surface area contributed by atoms with Gasteiger partial charge in [0.15, 0.2) is 0 Å². The van der Waals surface area contributed by atoms with Crippen LogP contribution in [0.5, 0.6) is 0 Å². The first-order chi connectivity index (χ1) is 8.99. The minimum atomic E-state index is -3.22. The quantitative estimate of drug-likeness (QED) is 0.788. The summed E-state index contributed by atoms with van der Waals surface area (Å²) in [5.41, 5.74) is 0.0404. The molecule has 112 valence electrons. The summed E-state index contributed by atoms with van der Waals surface area (Å²) in [6.45, 7) is 5.28. The molecular formula is C13H26N2O3S. The minimum absolute atomic E-state index is 0.0404. The maximum absolute atomic E-state index is 12.1. The van der Waals surface area contributed by atoms with Crippen molar-refractivity contribution in [2.75, 3.05) is 32.0 Å². The number of ether oxygens (including phenoxy) is 1. The van der Waals surface area contributed by atoms with Crippen LogP contribution in [0.3, 0.4) is 0 Å². The zero-order valence-electron chi connectivity index (χ0n) is 11.8. The summed E-state index contributed by atoms with van der Waals surface area (Å²) in [6, 6.07) is 0. The van der Waals surface area contributed by atoms with Gasteiger partial charge in [-0.25, -0.2) is 13.1 Å². The standard InChI is InChI=1S/C13H26N2O3S/c1-13(6-4-7-14-10-13)11-15-19(16,17)9-12-5-2-3-8-18-12/h12,14-15H,2-11H2,1H3. The minimum Gasteiger partial charge on any atom is -0.377 e. The molecule has 2 aliphatic rings. The molecule has 0 radical (unpaired) electrons. The largest absolute Gasteiger partial charge is 0.377 e. The molecule has 19 heavy (non-hydrogen) atoms. The molecule has 0 bridgehead atoms. The second-order valence-corrected chi connectivity index (χ2v) is 8.03. The molecule has 0 spiro atoms. The van der Waals surface area contributed by atoms with Crippen LogP contribution < -0.4 is 10.0 Å². The van der Waals surface area contributed by atoms with E-state index in [0.29, 0.717) is 13.2 Å². The Morgan fingerprint density at radius 1 is 1.37 bits per heavy atom. The Balaban J connectivity index is 1.79. The highest BCUT2D eigenvalue weighted by molar-refractivity contribution is 7.89. The summed E-state index contributed by atoms with van der Waals surface area (Å²) in [5, 5.41) is 3.33. The van der Waals surface area contributed by atoms with Gasteiger partial charge in [-0.15, -0.1) is 0 Å². The van der Waals surface area contributed by atoms with E-state index in [2.05, 4.69) is 17.0 Å². The number of hydrogen-bond acceptors (Lipinski definition) is 4. The van der Waals surface area contributed by atoms with Gasteiger partial charge < -0.3 is 10.1 Å². The fourth-order valence-electron chi connectivity index (χ4n) is 2.80. The van der Waals surface area contributed by atoms with Crippen LogP contribution in [0.2, 0.25) is 0 Å². The molecule has 0 aromatic rings. The van der Waals surface area contributed by atoms with Crippen molar-refractivity contribution in [1.82, 2.24) is 10.0 Å². The van der Waals surface area contributed by atoms with Crippen molar-refractivity contribution in [3.8, 4) is 0 Å². The van der Waals surface area contributed by atoms with Crippen LogP contribution in [0, 0.1) is 5.41 Å². The average molecular weight is 290 g/mol. The Labute approximate surface area is 116 Å². The van der Waals surface area contributed by atoms with E-state index in [-0.39, 0.29) is 17.3 Å². The summed E-state index contributed by atoms with van der Waals surface area (Å²) in [4.78, 5) is 0. The molecule has 2 atom stereocenters. The predicted molar refractivity (Wildman–Crippen MR) is 75.6 cm³/mol. The van der Waals surface area contributed by atoms with Crippen LogP contribution >= 0.6 is 0 Å². The first-order valence-electron chi connectivity index (χ1n) is 7.29. The van der Waals surface area contributed by atoms with Gasteiger partial charge in [-0.1, -0.05) is 6.92 Å². The monoisotopic (exact) mass is 290 g/mol. The topological polar surface area (TPSA) is 67.4 Å². The van der Waals surface area contributed by atoms with Crippen molar-refractivity contribution in [2.45, 2.75) is 45.1 Å². The third-order valence-electron chi connectivity index (χ3n) is 4.08. The van der Waals surface area contributed by atoms with Crippen LogP contribution in [0.15, 0.2) is 0 Å². The van der Waals surface area contributed by atoms with E-state index in [9.17, 15) is 8.42 Å². The number of sulfonamides is 1. The van der Waals surface area contributed by atoms with Crippen LogP contribution in [0.1, 0.15) is 39.0 Å². The SMILES string of the molecule is CC1(CNS(=O)(=O)CC2CCCCO2)CCCNC1. The summed E-state index contributed by atoms with van der Waals surface area (Å²) >= 11 is 0. The highest BCUT2D eigenvalue weighted by Crippen LogP contribution is 2.24. The van der Waals surface area contributed by atoms with E-state index in [4.69, 9.17) is 4.74 Å². The van der Waals surface area contributed by atoms with E-state index in [1.165, 1.54) is 0 Å². The number of rotatable bonds is 5. The summed E-state index contributed by atoms with van der Waals surface area (Å²) in [5.74, 6) is 0.108. The molecule has 0 amide bonds. The van der Waals surface area contributed by atoms with Crippen LogP contribution in [-0.4, -0.2) is 46.5 Å². The third-order valence-corrected chi connectivity index (χ3v) is 5.48. The van der Waals surface area contributed by atoms with E-state index in [1.807, 2.05) is 0 Å². The van der Waals surface area contributed by atoms with E-state index in [0.717, 1.165) is 45.2 Å². The van der Waals surface area contributed by atoms with Crippen molar-refractivity contribution in [2.24, 2.45) is 5.41 Å². The second-order valence-electron chi connectivity index (χ2n) is 6.18. The normalized spacial score (nSPS) is 33.2. The fraction of sp³-hybridized carbons (Fsp3) is 1.00. The van der Waals surface area contributed by atoms with E-state index < -0.39 is 10.0 Å². The summed E-state index contributed by atoms with van der Waals surface area (Å²) in [6.07, 6.45) is 5.05. The van der Waals surface area contributed by atoms with Gasteiger partial charge >= 0.3 is 0 Å². The maximum atomic E-state index is 12.1.